The van der Waals surface area contributed by atoms with Gasteiger partial charge in [-0.25, -0.2) is 0 Å². The summed E-state index contributed by atoms with van der Waals surface area (Å²) in [6, 6.07) is 0.00837. The number of unbranched alkanes of at least 4 members (excludes halogenated alkanes) is 7. The van der Waals surface area contributed by atoms with E-state index in [9.17, 15) is 4.79 Å². The minimum Gasteiger partial charge on any atom is -0.326 e. The number of nitrogens with one attached hydrogen (secondary N) is 1. The number of rotatable bonds is 9. The molecular weight excluding hydrogens is 224 g/mol. The summed E-state index contributed by atoms with van der Waals surface area (Å²) < 4.78 is 0. The minimum atomic E-state index is 0.00837. The van der Waals surface area contributed by atoms with Crippen LogP contribution in [0.3, 0.4) is 0 Å². The van der Waals surface area contributed by atoms with Gasteiger partial charge in [0.1, 0.15) is 0 Å². The Kier molecular flexibility index (Phi) is 7.33. The lowest BCUT2D eigenvalue weighted by molar-refractivity contribution is -0.129. The van der Waals surface area contributed by atoms with E-state index in [1.54, 1.807) is 0 Å². The van der Waals surface area contributed by atoms with E-state index in [0.717, 1.165) is 13.0 Å². The second-order valence-electron chi connectivity index (χ2n) is 5.57. The summed E-state index contributed by atoms with van der Waals surface area (Å²) in [5.74, 6) is 0.269. The van der Waals surface area contributed by atoms with Crippen molar-refractivity contribution in [1.29, 1.82) is 0 Å². The SMILES string of the molecule is CCCCCCCCCCN1C(=O)C(C)NC1C. The molecule has 1 rings (SSSR count). The van der Waals surface area contributed by atoms with Crippen LogP contribution in [0.5, 0.6) is 0 Å². The van der Waals surface area contributed by atoms with Crippen molar-refractivity contribution in [3.63, 3.8) is 0 Å². The van der Waals surface area contributed by atoms with Crippen LogP contribution in [0.1, 0.15) is 72.1 Å². The Morgan fingerprint density at radius 2 is 1.56 bits per heavy atom. The summed E-state index contributed by atoms with van der Waals surface area (Å²) in [4.78, 5) is 13.8. The highest BCUT2D eigenvalue weighted by Crippen LogP contribution is 2.13. The van der Waals surface area contributed by atoms with Crippen LogP contribution in [0.15, 0.2) is 0 Å². The molecule has 3 nitrogen and oxygen atoms in total. The lowest BCUT2D eigenvalue weighted by Crippen LogP contribution is -2.35. The normalized spacial score (nSPS) is 23.9. The number of carbonyl (C=O) groups excluding carboxylic acids is 1. The third-order valence-corrected chi connectivity index (χ3v) is 3.86. The van der Waals surface area contributed by atoms with Crippen molar-refractivity contribution in [3.05, 3.63) is 0 Å². The molecule has 106 valence electrons. The molecule has 0 aromatic carbocycles. The van der Waals surface area contributed by atoms with Crippen LogP contribution in [0, 0.1) is 0 Å². The molecule has 0 aromatic heterocycles. The molecule has 1 fully saturated rings. The first-order valence-corrected chi connectivity index (χ1v) is 7.73. The second-order valence-corrected chi connectivity index (χ2v) is 5.57. The zero-order valence-electron chi connectivity index (χ0n) is 12.4. The van der Waals surface area contributed by atoms with Crippen LogP contribution in [0.2, 0.25) is 0 Å². The number of carbonyl (C=O) groups is 1. The van der Waals surface area contributed by atoms with E-state index in [0.29, 0.717) is 0 Å². The Hall–Kier alpha value is -0.570. The Morgan fingerprint density at radius 1 is 1.00 bits per heavy atom. The van der Waals surface area contributed by atoms with Gasteiger partial charge in [0.25, 0.3) is 0 Å². The molecular formula is C15H30N2O. The molecule has 0 spiro atoms. The molecule has 1 heterocycles. The smallest absolute Gasteiger partial charge is 0.240 e. The third-order valence-electron chi connectivity index (χ3n) is 3.86. The highest BCUT2D eigenvalue weighted by Gasteiger charge is 2.32. The van der Waals surface area contributed by atoms with Crippen molar-refractivity contribution in [2.24, 2.45) is 0 Å². The minimum absolute atomic E-state index is 0.00837. The molecule has 1 amide bonds. The average molecular weight is 254 g/mol. The number of nitrogens with zero attached hydrogens (tertiary/aromatic N) is 1. The van der Waals surface area contributed by atoms with Gasteiger partial charge in [-0.1, -0.05) is 51.9 Å². The predicted octanol–water partition coefficient (Wildman–Crippen LogP) is 3.29. The maximum Gasteiger partial charge on any atom is 0.240 e. The molecule has 2 unspecified atom stereocenters. The molecule has 1 saturated heterocycles. The van der Waals surface area contributed by atoms with Gasteiger partial charge >= 0.3 is 0 Å². The zero-order chi connectivity index (χ0) is 13.4. The predicted molar refractivity (Wildman–Crippen MR) is 76.4 cm³/mol. The van der Waals surface area contributed by atoms with Crippen molar-refractivity contribution in [3.8, 4) is 0 Å². The highest BCUT2D eigenvalue weighted by atomic mass is 16.2. The zero-order valence-corrected chi connectivity index (χ0v) is 12.4. The van der Waals surface area contributed by atoms with E-state index in [4.69, 9.17) is 0 Å². The van der Waals surface area contributed by atoms with E-state index >= 15 is 0 Å². The van der Waals surface area contributed by atoms with Crippen LogP contribution in [-0.2, 0) is 4.79 Å². The van der Waals surface area contributed by atoms with Crippen molar-refractivity contribution >= 4 is 5.91 Å². The first-order chi connectivity index (χ1) is 8.66. The van der Waals surface area contributed by atoms with Crippen LogP contribution in [0.4, 0.5) is 0 Å². The van der Waals surface area contributed by atoms with E-state index in [-0.39, 0.29) is 18.1 Å². The summed E-state index contributed by atoms with van der Waals surface area (Å²) >= 11 is 0. The second kappa shape index (κ2) is 8.52. The summed E-state index contributed by atoms with van der Waals surface area (Å²) in [6.45, 7) is 7.20. The highest BCUT2D eigenvalue weighted by molar-refractivity contribution is 5.83. The molecule has 1 aliphatic rings. The quantitative estimate of drug-likeness (QED) is 0.640. The fourth-order valence-corrected chi connectivity index (χ4v) is 2.68. The summed E-state index contributed by atoms with van der Waals surface area (Å²) in [7, 11) is 0. The van der Waals surface area contributed by atoms with Crippen molar-refractivity contribution < 1.29 is 4.79 Å². The molecule has 0 radical (unpaired) electrons. The third kappa shape index (κ3) is 4.97. The molecule has 1 N–H and O–H groups in total. The number of hydrogen-bond acceptors (Lipinski definition) is 2. The van der Waals surface area contributed by atoms with Gasteiger partial charge in [0.05, 0.1) is 12.2 Å². The maximum absolute atomic E-state index is 11.8. The lowest BCUT2D eigenvalue weighted by atomic mass is 10.1. The van der Waals surface area contributed by atoms with E-state index in [1.807, 2.05) is 11.8 Å². The molecule has 18 heavy (non-hydrogen) atoms. The number of hydrogen-bond donors (Lipinski definition) is 1. The summed E-state index contributed by atoms with van der Waals surface area (Å²) in [5.41, 5.74) is 0. The Morgan fingerprint density at radius 3 is 2.06 bits per heavy atom. The molecule has 0 aromatic rings. The Labute approximate surface area is 112 Å². The van der Waals surface area contributed by atoms with Crippen LogP contribution >= 0.6 is 0 Å². The van der Waals surface area contributed by atoms with Crippen molar-refractivity contribution in [2.45, 2.75) is 84.3 Å². The monoisotopic (exact) mass is 254 g/mol. The van der Waals surface area contributed by atoms with Crippen LogP contribution in [-0.4, -0.2) is 29.6 Å². The average Bonchev–Trinajstić information content (AvgIpc) is 2.58. The van der Waals surface area contributed by atoms with Gasteiger partial charge in [0, 0.05) is 6.54 Å². The maximum atomic E-state index is 11.8. The Balaban J connectivity index is 1.99. The summed E-state index contributed by atoms with van der Waals surface area (Å²) in [5, 5.41) is 3.27. The largest absolute Gasteiger partial charge is 0.326 e. The fourth-order valence-electron chi connectivity index (χ4n) is 2.68. The van der Waals surface area contributed by atoms with E-state index in [2.05, 4.69) is 19.2 Å². The lowest BCUT2D eigenvalue weighted by Gasteiger charge is -2.20. The van der Waals surface area contributed by atoms with E-state index in [1.165, 1.54) is 44.9 Å². The van der Waals surface area contributed by atoms with Crippen LogP contribution in [0.25, 0.3) is 0 Å². The van der Waals surface area contributed by atoms with Crippen molar-refractivity contribution in [2.75, 3.05) is 6.54 Å². The number of amides is 1. The topological polar surface area (TPSA) is 32.3 Å². The molecule has 1 aliphatic heterocycles. The summed E-state index contributed by atoms with van der Waals surface area (Å²) in [6.07, 6.45) is 10.8. The van der Waals surface area contributed by atoms with Crippen molar-refractivity contribution in [1.82, 2.24) is 10.2 Å². The van der Waals surface area contributed by atoms with Gasteiger partial charge in [0.2, 0.25) is 5.91 Å². The van der Waals surface area contributed by atoms with Gasteiger partial charge in [-0.05, 0) is 20.3 Å². The first-order valence-electron chi connectivity index (χ1n) is 7.73. The van der Waals surface area contributed by atoms with Gasteiger partial charge in [-0.15, -0.1) is 0 Å². The first kappa shape index (κ1) is 15.5. The Bertz CT molecular complexity index is 243. The van der Waals surface area contributed by atoms with E-state index < -0.39 is 0 Å². The fraction of sp³-hybridized carbons (Fsp3) is 0.933. The molecule has 2 atom stereocenters. The van der Waals surface area contributed by atoms with Gasteiger partial charge < -0.3 is 4.90 Å². The van der Waals surface area contributed by atoms with Gasteiger partial charge in [-0.3, -0.25) is 10.1 Å². The van der Waals surface area contributed by atoms with Gasteiger partial charge in [-0.2, -0.15) is 0 Å². The van der Waals surface area contributed by atoms with Gasteiger partial charge in [0.15, 0.2) is 0 Å². The molecule has 3 heteroatoms. The standard InChI is InChI=1S/C15H30N2O/c1-4-5-6-7-8-9-10-11-12-17-14(3)16-13(2)15(17)18/h13-14,16H,4-12H2,1-3H3. The van der Waals surface area contributed by atoms with Crippen LogP contribution < -0.4 is 5.32 Å². The molecule has 0 aliphatic carbocycles. The molecule has 0 saturated carbocycles. The molecule has 0 bridgehead atoms.